The molecule has 0 saturated carbocycles. The Morgan fingerprint density at radius 2 is 2.24 bits per heavy atom. The molecule has 0 aliphatic rings. The van der Waals surface area contributed by atoms with Gasteiger partial charge < -0.3 is 4.57 Å². The van der Waals surface area contributed by atoms with Crippen molar-refractivity contribution in [1.29, 1.82) is 5.26 Å². The topological polar surface area (TPSA) is 58.7 Å². The molecule has 86 valence electrons. The minimum absolute atomic E-state index is 0.170. The van der Waals surface area contributed by atoms with Crippen LogP contribution in [-0.4, -0.2) is 9.55 Å². The fourth-order valence-corrected chi connectivity index (χ4v) is 2.32. The Balaban J connectivity index is 2.46. The predicted octanol–water partition coefficient (Wildman–Crippen LogP) is 1.84. The summed E-state index contributed by atoms with van der Waals surface area (Å²) >= 11 is 1.52. The summed E-state index contributed by atoms with van der Waals surface area (Å²) < 4.78 is 1.58. The zero-order valence-electron chi connectivity index (χ0n) is 9.60. The van der Waals surface area contributed by atoms with Crippen LogP contribution in [0.25, 0.3) is 0 Å². The molecule has 2 aromatic rings. The molecular formula is C12H11N3OS. The highest BCUT2D eigenvalue weighted by Gasteiger charge is 2.08. The summed E-state index contributed by atoms with van der Waals surface area (Å²) in [6.45, 7) is 4.20. The molecule has 0 radical (unpaired) electrons. The first-order valence-corrected chi connectivity index (χ1v) is 6.01. The van der Waals surface area contributed by atoms with Crippen molar-refractivity contribution in [3.05, 3.63) is 49.8 Å². The lowest BCUT2D eigenvalue weighted by molar-refractivity contribution is 0.721. The number of aryl methyl sites for hydroxylation is 2. The van der Waals surface area contributed by atoms with Gasteiger partial charge in [-0.2, -0.15) is 5.26 Å². The molecule has 0 spiro atoms. The number of nitriles is 1. The normalized spacial score (nSPS) is 10.2. The van der Waals surface area contributed by atoms with Crippen LogP contribution in [0.15, 0.2) is 22.3 Å². The molecule has 5 heteroatoms. The van der Waals surface area contributed by atoms with E-state index in [1.165, 1.54) is 11.3 Å². The van der Waals surface area contributed by atoms with Gasteiger partial charge in [0.15, 0.2) is 0 Å². The van der Waals surface area contributed by atoms with Crippen molar-refractivity contribution in [2.24, 2.45) is 0 Å². The van der Waals surface area contributed by atoms with Gasteiger partial charge in [-0.3, -0.25) is 4.79 Å². The maximum atomic E-state index is 11.9. The Hall–Kier alpha value is -1.93. The first-order valence-electron chi connectivity index (χ1n) is 5.13. The molecular weight excluding hydrogens is 234 g/mol. The number of pyridine rings is 1. The summed E-state index contributed by atoms with van der Waals surface area (Å²) in [4.78, 5) is 16.3. The number of aromatic nitrogens is 2. The van der Waals surface area contributed by atoms with E-state index >= 15 is 0 Å². The highest BCUT2D eigenvalue weighted by molar-refractivity contribution is 7.09. The predicted molar refractivity (Wildman–Crippen MR) is 66.1 cm³/mol. The lowest BCUT2D eigenvalue weighted by Gasteiger charge is -2.07. The van der Waals surface area contributed by atoms with Crippen LogP contribution >= 0.6 is 11.3 Å². The first-order chi connectivity index (χ1) is 8.11. The number of hydrogen-bond donors (Lipinski definition) is 0. The maximum absolute atomic E-state index is 11.9. The summed E-state index contributed by atoms with van der Waals surface area (Å²) in [6.07, 6.45) is 0. The van der Waals surface area contributed by atoms with Gasteiger partial charge in [0.1, 0.15) is 16.6 Å². The van der Waals surface area contributed by atoms with Crippen molar-refractivity contribution in [2.45, 2.75) is 20.4 Å². The molecule has 0 aromatic carbocycles. The van der Waals surface area contributed by atoms with Crippen molar-refractivity contribution in [2.75, 3.05) is 0 Å². The Morgan fingerprint density at radius 1 is 1.47 bits per heavy atom. The minimum Gasteiger partial charge on any atom is -0.305 e. The van der Waals surface area contributed by atoms with Crippen LogP contribution in [0.4, 0.5) is 0 Å². The highest BCUT2D eigenvalue weighted by atomic mass is 32.1. The van der Waals surface area contributed by atoms with Crippen LogP contribution in [0.1, 0.15) is 22.0 Å². The fraction of sp³-hybridized carbons (Fsp3) is 0.250. The summed E-state index contributed by atoms with van der Waals surface area (Å²) in [6, 6.07) is 5.24. The van der Waals surface area contributed by atoms with Gasteiger partial charge in [0.25, 0.3) is 5.56 Å². The van der Waals surface area contributed by atoms with Crippen LogP contribution in [0.2, 0.25) is 0 Å². The Morgan fingerprint density at radius 3 is 2.82 bits per heavy atom. The van der Waals surface area contributed by atoms with Crippen LogP contribution in [-0.2, 0) is 6.54 Å². The highest BCUT2D eigenvalue weighted by Crippen LogP contribution is 2.10. The lowest BCUT2D eigenvalue weighted by Crippen LogP contribution is -2.24. The lowest BCUT2D eigenvalue weighted by atomic mass is 10.2. The van der Waals surface area contributed by atoms with Gasteiger partial charge in [0, 0.05) is 16.8 Å². The summed E-state index contributed by atoms with van der Waals surface area (Å²) in [5.41, 5.74) is 1.71. The smallest absolute Gasteiger partial charge is 0.269 e. The number of nitrogens with zero attached hydrogens (tertiary/aromatic N) is 3. The van der Waals surface area contributed by atoms with Crippen LogP contribution in [0, 0.1) is 25.2 Å². The third-order valence-corrected chi connectivity index (χ3v) is 3.42. The average Bonchev–Trinajstić information content (AvgIpc) is 2.70. The van der Waals surface area contributed by atoms with Gasteiger partial charge in [-0.25, -0.2) is 4.98 Å². The summed E-state index contributed by atoms with van der Waals surface area (Å²) in [5.74, 6) is 0. The van der Waals surface area contributed by atoms with Crippen molar-refractivity contribution in [3.8, 4) is 6.07 Å². The number of thiazole rings is 1. The molecule has 2 aromatic heterocycles. The number of hydrogen-bond acceptors (Lipinski definition) is 4. The minimum atomic E-state index is -0.250. The Kier molecular flexibility index (Phi) is 3.07. The third-order valence-electron chi connectivity index (χ3n) is 2.47. The second-order valence-corrected chi connectivity index (χ2v) is 4.72. The van der Waals surface area contributed by atoms with Crippen molar-refractivity contribution in [3.63, 3.8) is 0 Å². The molecule has 0 amide bonds. The van der Waals surface area contributed by atoms with Gasteiger partial charge in [0.05, 0.1) is 6.54 Å². The number of rotatable bonds is 2. The van der Waals surface area contributed by atoms with Crippen molar-refractivity contribution in [1.82, 2.24) is 9.55 Å². The zero-order valence-corrected chi connectivity index (χ0v) is 10.4. The molecule has 17 heavy (non-hydrogen) atoms. The van der Waals surface area contributed by atoms with Gasteiger partial charge in [-0.1, -0.05) is 0 Å². The Bertz CT molecular complexity index is 649. The summed E-state index contributed by atoms with van der Waals surface area (Å²) in [7, 11) is 0. The fourth-order valence-electron chi connectivity index (χ4n) is 1.56. The molecule has 0 aliphatic heterocycles. The second-order valence-electron chi connectivity index (χ2n) is 3.77. The largest absolute Gasteiger partial charge is 0.305 e. The van der Waals surface area contributed by atoms with E-state index in [9.17, 15) is 4.79 Å². The van der Waals surface area contributed by atoms with Crippen molar-refractivity contribution >= 4 is 11.3 Å². The first kappa shape index (κ1) is 11.6. The van der Waals surface area contributed by atoms with Crippen LogP contribution < -0.4 is 5.56 Å². The van der Waals surface area contributed by atoms with Crippen molar-refractivity contribution < 1.29 is 0 Å². The molecule has 0 unspecified atom stereocenters. The molecule has 2 rings (SSSR count). The second kappa shape index (κ2) is 4.52. The average molecular weight is 245 g/mol. The molecule has 0 N–H and O–H groups in total. The van der Waals surface area contributed by atoms with E-state index in [1.54, 1.807) is 16.7 Å². The molecule has 0 atom stereocenters. The van der Waals surface area contributed by atoms with E-state index < -0.39 is 0 Å². The standard InChI is InChI=1S/C12H11N3OS/c1-8-7-17-11(14-8)6-15-9(2)3-4-10(5-13)12(15)16/h3-4,7H,6H2,1-2H3. The molecule has 0 saturated heterocycles. The van der Waals surface area contributed by atoms with E-state index in [0.717, 1.165) is 16.4 Å². The zero-order chi connectivity index (χ0) is 12.4. The SMILES string of the molecule is Cc1csc(Cn2c(C)ccc(C#N)c2=O)n1. The Labute approximate surface area is 103 Å². The monoisotopic (exact) mass is 245 g/mol. The van der Waals surface area contributed by atoms with Crippen LogP contribution in [0.5, 0.6) is 0 Å². The van der Waals surface area contributed by atoms with Gasteiger partial charge >= 0.3 is 0 Å². The molecule has 0 fully saturated rings. The maximum Gasteiger partial charge on any atom is 0.269 e. The molecule has 4 nitrogen and oxygen atoms in total. The van der Waals surface area contributed by atoms with Gasteiger partial charge in [-0.15, -0.1) is 11.3 Å². The third kappa shape index (κ3) is 2.27. The van der Waals surface area contributed by atoms with E-state index in [4.69, 9.17) is 5.26 Å². The van der Waals surface area contributed by atoms with E-state index in [0.29, 0.717) is 6.54 Å². The van der Waals surface area contributed by atoms with Gasteiger partial charge in [-0.05, 0) is 26.0 Å². The quantitative estimate of drug-likeness (QED) is 0.811. The van der Waals surface area contributed by atoms with E-state index in [-0.39, 0.29) is 11.1 Å². The van der Waals surface area contributed by atoms with Crippen LogP contribution in [0.3, 0.4) is 0 Å². The molecule has 0 bridgehead atoms. The van der Waals surface area contributed by atoms with E-state index in [2.05, 4.69) is 4.98 Å². The summed E-state index contributed by atoms with van der Waals surface area (Å²) in [5, 5.41) is 11.7. The van der Waals surface area contributed by atoms with Gasteiger partial charge in [0.2, 0.25) is 0 Å². The van der Waals surface area contributed by atoms with E-state index in [1.807, 2.05) is 25.3 Å². The molecule has 0 aliphatic carbocycles. The molecule has 2 heterocycles.